The fraction of sp³-hybridized carbons (Fsp3) is 0.300. The van der Waals surface area contributed by atoms with Crippen LogP contribution in [-0.4, -0.2) is 20.0 Å². The van der Waals surface area contributed by atoms with E-state index in [1.54, 1.807) is 0 Å². The highest BCUT2D eigenvalue weighted by molar-refractivity contribution is 7.99. The van der Waals surface area contributed by atoms with E-state index in [0.29, 0.717) is 11.8 Å². The van der Waals surface area contributed by atoms with Crippen LogP contribution >= 0.6 is 23.4 Å². The number of hydrogen-bond acceptors (Lipinski definition) is 4. The second-order valence-electron chi connectivity index (χ2n) is 6.45. The Kier molecular flexibility index (Phi) is 5.46. The van der Waals surface area contributed by atoms with Crippen LogP contribution in [0.15, 0.2) is 59.8 Å². The summed E-state index contributed by atoms with van der Waals surface area (Å²) in [6, 6.07) is 18.1. The Morgan fingerprint density at radius 1 is 1.00 bits per heavy atom. The Bertz CT molecular complexity index is 842. The van der Waals surface area contributed by atoms with Crippen molar-refractivity contribution in [2.45, 2.75) is 42.6 Å². The van der Waals surface area contributed by atoms with Crippen LogP contribution in [0.2, 0.25) is 5.02 Å². The number of para-hydroxylation sites is 1. The molecule has 1 N–H and O–H groups in total. The maximum absolute atomic E-state index is 5.96. The van der Waals surface area contributed by atoms with Gasteiger partial charge >= 0.3 is 0 Å². The van der Waals surface area contributed by atoms with Gasteiger partial charge in [-0.15, -0.1) is 10.2 Å². The molecular formula is C20H21ClN4S. The van der Waals surface area contributed by atoms with Gasteiger partial charge in [0, 0.05) is 21.6 Å². The first-order valence-electron chi connectivity index (χ1n) is 8.95. The summed E-state index contributed by atoms with van der Waals surface area (Å²) in [6.45, 7) is 0.606. The summed E-state index contributed by atoms with van der Waals surface area (Å²) in [7, 11) is 0. The largest absolute Gasteiger partial charge is 0.378 e. The number of aromatic nitrogens is 3. The molecule has 1 aliphatic rings. The van der Waals surface area contributed by atoms with Crippen LogP contribution in [0.4, 0.5) is 5.69 Å². The van der Waals surface area contributed by atoms with E-state index in [1.165, 1.54) is 25.7 Å². The third-order valence-corrected chi connectivity index (χ3v) is 6.12. The molecule has 1 saturated carbocycles. The molecule has 0 unspecified atom stereocenters. The number of nitrogens with one attached hydrogen (secondary N) is 1. The quantitative estimate of drug-likeness (QED) is 0.603. The van der Waals surface area contributed by atoms with Gasteiger partial charge in [0.05, 0.1) is 6.54 Å². The van der Waals surface area contributed by atoms with Gasteiger partial charge in [-0.05, 0) is 49.2 Å². The summed E-state index contributed by atoms with van der Waals surface area (Å²) in [5.74, 6) is 0.909. The zero-order chi connectivity index (χ0) is 17.8. The molecule has 3 aromatic rings. The molecule has 0 bridgehead atoms. The zero-order valence-corrected chi connectivity index (χ0v) is 16.0. The highest BCUT2D eigenvalue weighted by Gasteiger charge is 2.21. The monoisotopic (exact) mass is 384 g/mol. The summed E-state index contributed by atoms with van der Waals surface area (Å²) in [4.78, 5) is 0. The van der Waals surface area contributed by atoms with E-state index in [-0.39, 0.29) is 0 Å². The number of nitrogens with zero attached hydrogens (tertiary/aromatic N) is 3. The van der Waals surface area contributed by atoms with Crippen molar-refractivity contribution in [1.82, 2.24) is 14.8 Å². The molecule has 1 heterocycles. The lowest BCUT2D eigenvalue weighted by Gasteiger charge is -2.13. The van der Waals surface area contributed by atoms with Gasteiger partial charge in [-0.2, -0.15) is 0 Å². The first kappa shape index (κ1) is 17.4. The molecule has 26 heavy (non-hydrogen) atoms. The molecule has 2 aromatic carbocycles. The van der Waals surface area contributed by atoms with Crippen LogP contribution < -0.4 is 5.32 Å². The van der Waals surface area contributed by atoms with Crippen LogP contribution in [-0.2, 0) is 6.54 Å². The van der Waals surface area contributed by atoms with Gasteiger partial charge in [-0.3, -0.25) is 4.57 Å². The number of thioether (sulfide) groups is 1. The summed E-state index contributed by atoms with van der Waals surface area (Å²) in [5.41, 5.74) is 2.12. The second kappa shape index (κ2) is 8.14. The van der Waals surface area contributed by atoms with Gasteiger partial charge in [-0.25, -0.2) is 0 Å². The zero-order valence-electron chi connectivity index (χ0n) is 14.4. The van der Waals surface area contributed by atoms with Gasteiger partial charge in [-0.1, -0.05) is 54.4 Å². The average Bonchev–Trinajstić information content (AvgIpc) is 3.32. The van der Waals surface area contributed by atoms with Crippen molar-refractivity contribution in [1.29, 1.82) is 0 Å². The van der Waals surface area contributed by atoms with Crippen molar-refractivity contribution >= 4 is 29.1 Å². The fourth-order valence-electron chi connectivity index (χ4n) is 3.23. The summed E-state index contributed by atoms with van der Waals surface area (Å²) in [6.07, 6.45) is 5.18. The average molecular weight is 385 g/mol. The summed E-state index contributed by atoms with van der Waals surface area (Å²) < 4.78 is 2.17. The van der Waals surface area contributed by atoms with Gasteiger partial charge in [0.2, 0.25) is 0 Å². The molecule has 0 atom stereocenters. The minimum atomic E-state index is 0.606. The predicted octanol–water partition coefficient (Wildman–Crippen LogP) is 5.57. The van der Waals surface area contributed by atoms with E-state index in [2.05, 4.69) is 44.3 Å². The summed E-state index contributed by atoms with van der Waals surface area (Å²) in [5, 5.41) is 14.8. The predicted molar refractivity (Wildman–Crippen MR) is 108 cm³/mol. The second-order valence-corrected chi connectivity index (χ2v) is 8.16. The molecule has 1 fully saturated rings. The number of rotatable bonds is 6. The SMILES string of the molecule is Clc1ccc(NCc2nnc(SC3CCCC3)n2-c2ccccc2)cc1. The van der Waals surface area contributed by atoms with Crippen molar-refractivity contribution in [3.8, 4) is 5.69 Å². The van der Waals surface area contributed by atoms with Crippen molar-refractivity contribution in [3.63, 3.8) is 0 Å². The van der Waals surface area contributed by atoms with Crippen LogP contribution in [0.1, 0.15) is 31.5 Å². The Balaban J connectivity index is 1.58. The third kappa shape index (κ3) is 4.05. The smallest absolute Gasteiger partial charge is 0.196 e. The van der Waals surface area contributed by atoms with Gasteiger partial charge in [0.25, 0.3) is 0 Å². The fourth-order valence-corrected chi connectivity index (χ4v) is 4.63. The van der Waals surface area contributed by atoms with Crippen molar-refractivity contribution < 1.29 is 0 Å². The molecule has 134 valence electrons. The summed E-state index contributed by atoms with van der Waals surface area (Å²) >= 11 is 7.82. The lowest BCUT2D eigenvalue weighted by atomic mass is 10.3. The molecule has 1 aromatic heterocycles. The molecule has 4 rings (SSSR count). The van der Waals surface area contributed by atoms with E-state index in [4.69, 9.17) is 11.6 Å². The van der Waals surface area contributed by atoms with E-state index in [1.807, 2.05) is 42.1 Å². The van der Waals surface area contributed by atoms with Crippen molar-refractivity contribution in [2.75, 3.05) is 5.32 Å². The van der Waals surface area contributed by atoms with E-state index in [9.17, 15) is 0 Å². The van der Waals surface area contributed by atoms with Gasteiger partial charge in [0.15, 0.2) is 11.0 Å². The Hall–Kier alpha value is -1.98. The number of anilines is 1. The number of halogens is 1. The maximum atomic E-state index is 5.96. The van der Waals surface area contributed by atoms with E-state index >= 15 is 0 Å². The molecule has 6 heteroatoms. The third-order valence-electron chi connectivity index (χ3n) is 4.58. The molecule has 1 aliphatic carbocycles. The normalized spacial score (nSPS) is 14.7. The number of benzene rings is 2. The lowest BCUT2D eigenvalue weighted by molar-refractivity contribution is 0.826. The first-order chi connectivity index (χ1) is 12.8. The maximum Gasteiger partial charge on any atom is 0.196 e. The number of hydrogen-bond donors (Lipinski definition) is 1. The van der Waals surface area contributed by atoms with E-state index < -0.39 is 0 Å². The van der Waals surface area contributed by atoms with Crippen molar-refractivity contribution in [3.05, 3.63) is 65.4 Å². The van der Waals surface area contributed by atoms with Crippen LogP contribution in [0.25, 0.3) is 5.69 Å². The van der Waals surface area contributed by atoms with Gasteiger partial charge < -0.3 is 5.32 Å². The minimum Gasteiger partial charge on any atom is -0.378 e. The Morgan fingerprint density at radius 2 is 1.73 bits per heavy atom. The van der Waals surface area contributed by atoms with E-state index in [0.717, 1.165) is 27.4 Å². The molecular weight excluding hydrogens is 364 g/mol. The molecule has 0 saturated heterocycles. The van der Waals surface area contributed by atoms with Crippen molar-refractivity contribution in [2.24, 2.45) is 0 Å². The Labute approximate surface area is 163 Å². The highest BCUT2D eigenvalue weighted by atomic mass is 35.5. The molecule has 0 aliphatic heterocycles. The Morgan fingerprint density at radius 3 is 2.46 bits per heavy atom. The molecule has 0 spiro atoms. The molecule has 0 amide bonds. The lowest BCUT2D eigenvalue weighted by Crippen LogP contribution is -2.09. The van der Waals surface area contributed by atoms with Crippen LogP contribution in [0.3, 0.4) is 0 Å². The van der Waals surface area contributed by atoms with Crippen LogP contribution in [0, 0.1) is 0 Å². The molecule has 0 radical (unpaired) electrons. The van der Waals surface area contributed by atoms with Gasteiger partial charge in [0.1, 0.15) is 0 Å². The first-order valence-corrected chi connectivity index (χ1v) is 10.2. The molecule has 4 nitrogen and oxygen atoms in total. The minimum absolute atomic E-state index is 0.606. The van der Waals surface area contributed by atoms with Crippen LogP contribution in [0.5, 0.6) is 0 Å². The topological polar surface area (TPSA) is 42.7 Å². The standard InChI is InChI=1S/C20H21ClN4S/c21-15-10-12-16(13-11-15)22-14-19-23-24-20(26-18-8-4-5-9-18)25(19)17-6-2-1-3-7-17/h1-3,6-7,10-13,18,22H,4-5,8-9,14H2. The highest BCUT2D eigenvalue weighted by Crippen LogP contribution is 2.35.